The molecule has 1 unspecified atom stereocenters. The van der Waals surface area contributed by atoms with Crippen LogP contribution in [-0.4, -0.2) is 49.3 Å². The van der Waals surface area contributed by atoms with E-state index < -0.39 is 23.8 Å². The summed E-state index contributed by atoms with van der Waals surface area (Å²) in [7, 11) is 2.85. The van der Waals surface area contributed by atoms with Crippen molar-refractivity contribution in [3.63, 3.8) is 0 Å². The molecule has 0 amide bonds. The zero-order valence-corrected chi connectivity index (χ0v) is 11.6. The number of hydrogen-bond acceptors (Lipinski definition) is 5. The summed E-state index contributed by atoms with van der Waals surface area (Å²) in [5.41, 5.74) is 4.33. The molecule has 4 N–H and O–H groups in total. The molecule has 6 nitrogen and oxygen atoms in total. The van der Waals surface area contributed by atoms with E-state index >= 15 is 0 Å². The van der Waals surface area contributed by atoms with Gasteiger partial charge in [0.05, 0.1) is 18.3 Å². The lowest BCUT2D eigenvalue weighted by atomic mass is 10.2. The third kappa shape index (κ3) is 4.57. The Kier molecular flexibility index (Phi) is 5.50. The molecule has 1 atom stereocenters. The predicted octanol–water partition coefficient (Wildman–Crippen LogP) is 0.828. The predicted molar refractivity (Wildman–Crippen MR) is 71.4 cm³/mol. The second-order valence-corrected chi connectivity index (χ2v) is 4.47. The van der Waals surface area contributed by atoms with Gasteiger partial charge in [0, 0.05) is 20.7 Å². The van der Waals surface area contributed by atoms with Crippen molar-refractivity contribution in [2.24, 2.45) is 5.73 Å². The van der Waals surface area contributed by atoms with Gasteiger partial charge in [0.1, 0.15) is 17.3 Å². The fourth-order valence-corrected chi connectivity index (χ4v) is 1.76. The highest BCUT2D eigenvalue weighted by atomic mass is 19.4. The number of pyridine rings is 1. The van der Waals surface area contributed by atoms with Gasteiger partial charge < -0.3 is 20.5 Å². The van der Waals surface area contributed by atoms with Gasteiger partial charge in [-0.3, -0.25) is 5.41 Å². The molecule has 118 valence electrons. The van der Waals surface area contributed by atoms with Gasteiger partial charge >= 0.3 is 6.18 Å². The van der Waals surface area contributed by atoms with E-state index in [1.54, 1.807) is 0 Å². The molecule has 21 heavy (non-hydrogen) atoms. The molecule has 0 bridgehead atoms. The molecule has 0 aliphatic heterocycles. The highest BCUT2D eigenvalue weighted by Gasteiger charge is 2.33. The molecular weight excluding hydrogens is 289 g/mol. The van der Waals surface area contributed by atoms with Crippen molar-refractivity contribution in [3.8, 4) is 0 Å². The minimum atomic E-state index is -4.60. The molecule has 0 aliphatic rings. The largest absolute Gasteiger partial charge is 0.433 e. The maximum Gasteiger partial charge on any atom is 0.433 e. The number of nitrogens with two attached hydrogens (primary N) is 1. The molecule has 0 fully saturated rings. The molecule has 1 aromatic heterocycles. The van der Waals surface area contributed by atoms with Crippen LogP contribution in [0.4, 0.5) is 19.0 Å². The lowest BCUT2D eigenvalue weighted by Gasteiger charge is -2.24. The van der Waals surface area contributed by atoms with Crippen LogP contribution >= 0.6 is 0 Å². The molecule has 0 aromatic carbocycles. The minimum Gasteiger partial charge on any atom is -0.389 e. The van der Waals surface area contributed by atoms with Crippen molar-refractivity contribution >= 4 is 11.7 Å². The Labute approximate surface area is 119 Å². The lowest BCUT2D eigenvalue weighted by Crippen LogP contribution is -2.34. The van der Waals surface area contributed by atoms with Crippen LogP contribution in [0.25, 0.3) is 0 Å². The normalized spacial score (nSPS) is 13.0. The number of nitrogens with one attached hydrogen (secondary N) is 1. The number of nitrogens with zero attached hydrogens (tertiary/aromatic N) is 2. The monoisotopic (exact) mass is 306 g/mol. The number of halogens is 3. The summed E-state index contributed by atoms with van der Waals surface area (Å²) in [4.78, 5) is 4.81. The zero-order valence-electron chi connectivity index (χ0n) is 11.6. The van der Waals surface area contributed by atoms with Crippen molar-refractivity contribution in [2.45, 2.75) is 12.3 Å². The van der Waals surface area contributed by atoms with Crippen molar-refractivity contribution < 1.29 is 23.0 Å². The summed E-state index contributed by atoms with van der Waals surface area (Å²) in [6.07, 6.45) is -5.51. The molecule has 0 radical (unpaired) electrons. The Morgan fingerprint density at radius 1 is 1.52 bits per heavy atom. The number of aliphatic hydroxyl groups is 1. The van der Waals surface area contributed by atoms with Crippen LogP contribution in [0.5, 0.6) is 0 Å². The van der Waals surface area contributed by atoms with Gasteiger partial charge in [-0.2, -0.15) is 13.2 Å². The number of methoxy groups -OCH3 is 1. The number of aromatic nitrogens is 1. The second-order valence-electron chi connectivity index (χ2n) is 4.47. The number of hydrogen-bond donors (Lipinski definition) is 3. The van der Waals surface area contributed by atoms with Gasteiger partial charge in [0.2, 0.25) is 0 Å². The van der Waals surface area contributed by atoms with Gasteiger partial charge in [-0.25, -0.2) is 4.98 Å². The van der Waals surface area contributed by atoms with Crippen molar-refractivity contribution in [2.75, 3.05) is 32.2 Å². The quantitative estimate of drug-likeness (QED) is 0.534. The van der Waals surface area contributed by atoms with E-state index in [1.807, 2.05) is 0 Å². The third-order valence-corrected chi connectivity index (χ3v) is 2.66. The maximum atomic E-state index is 12.7. The molecule has 0 saturated carbocycles. The number of anilines is 1. The standard InChI is InChI=1S/C12H17F3N4O2/c1-19(5-7(20)6-21-2)11-8(10(16)17)3-4-9(18-11)12(13,14)15/h3-4,7,20H,5-6H2,1-2H3,(H3,16,17). The van der Waals surface area contributed by atoms with Gasteiger partial charge in [-0.05, 0) is 12.1 Å². The van der Waals surface area contributed by atoms with E-state index in [9.17, 15) is 18.3 Å². The zero-order chi connectivity index (χ0) is 16.2. The van der Waals surface area contributed by atoms with Crippen LogP contribution in [-0.2, 0) is 10.9 Å². The average Bonchev–Trinajstić information content (AvgIpc) is 2.36. The van der Waals surface area contributed by atoms with Crippen LogP contribution in [0.15, 0.2) is 12.1 Å². The first-order valence-electron chi connectivity index (χ1n) is 5.97. The van der Waals surface area contributed by atoms with E-state index in [0.29, 0.717) is 0 Å². The molecule has 0 spiro atoms. The van der Waals surface area contributed by atoms with E-state index in [4.69, 9.17) is 15.9 Å². The summed E-state index contributed by atoms with van der Waals surface area (Å²) < 4.78 is 42.9. The summed E-state index contributed by atoms with van der Waals surface area (Å²) >= 11 is 0. The molecular formula is C12H17F3N4O2. The van der Waals surface area contributed by atoms with E-state index in [0.717, 1.165) is 12.1 Å². The number of nitrogen functional groups attached to an aromatic ring is 1. The van der Waals surface area contributed by atoms with Gasteiger partial charge in [0.25, 0.3) is 0 Å². The highest BCUT2D eigenvalue weighted by Crippen LogP contribution is 2.30. The SMILES string of the molecule is COCC(O)CN(C)c1nc(C(F)(F)F)ccc1C(=N)N. The van der Waals surface area contributed by atoms with Gasteiger partial charge in [-0.15, -0.1) is 0 Å². The number of rotatable bonds is 6. The van der Waals surface area contributed by atoms with Crippen LogP contribution in [0.1, 0.15) is 11.3 Å². The van der Waals surface area contributed by atoms with Gasteiger partial charge in [0.15, 0.2) is 0 Å². The number of ether oxygens (including phenoxy) is 1. The van der Waals surface area contributed by atoms with Gasteiger partial charge in [-0.1, -0.05) is 0 Å². The van der Waals surface area contributed by atoms with Crippen LogP contribution in [0.3, 0.4) is 0 Å². The molecule has 0 saturated heterocycles. The lowest BCUT2D eigenvalue weighted by molar-refractivity contribution is -0.141. The van der Waals surface area contributed by atoms with E-state index in [1.165, 1.54) is 19.1 Å². The Balaban J connectivity index is 3.14. The maximum absolute atomic E-state index is 12.7. The van der Waals surface area contributed by atoms with Crippen molar-refractivity contribution in [1.29, 1.82) is 5.41 Å². The topological polar surface area (TPSA) is 95.5 Å². The number of likely N-dealkylation sites (N-methyl/N-ethyl adjacent to an activating group) is 1. The Bertz CT molecular complexity index is 508. The molecule has 1 heterocycles. The Hall–Kier alpha value is -1.87. The second kappa shape index (κ2) is 6.72. The summed E-state index contributed by atoms with van der Waals surface area (Å²) in [5.74, 6) is -0.521. The fourth-order valence-electron chi connectivity index (χ4n) is 1.76. The first-order chi connectivity index (χ1) is 9.66. The summed E-state index contributed by atoms with van der Waals surface area (Å²) in [6, 6.07) is 1.85. The molecule has 9 heteroatoms. The summed E-state index contributed by atoms with van der Waals surface area (Å²) in [6.45, 7) is 0.0150. The summed E-state index contributed by atoms with van der Waals surface area (Å²) in [5, 5.41) is 17.0. The van der Waals surface area contributed by atoms with Crippen molar-refractivity contribution in [1.82, 2.24) is 4.98 Å². The highest BCUT2D eigenvalue weighted by molar-refractivity contribution is 5.99. The Morgan fingerprint density at radius 3 is 2.62 bits per heavy atom. The molecule has 1 rings (SSSR count). The number of amidine groups is 1. The minimum absolute atomic E-state index is 0.0115. The Morgan fingerprint density at radius 2 is 2.14 bits per heavy atom. The van der Waals surface area contributed by atoms with Crippen LogP contribution in [0.2, 0.25) is 0 Å². The van der Waals surface area contributed by atoms with E-state index in [-0.39, 0.29) is 24.5 Å². The third-order valence-electron chi connectivity index (χ3n) is 2.66. The number of alkyl halides is 3. The fraction of sp³-hybridized carbons (Fsp3) is 0.500. The van der Waals surface area contributed by atoms with Crippen molar-refractivity contribution in [3.05, 3.63) is 23.4 Å². The number of aliphatic hydroxyl groups excluding tert-OH is 1. The van der Waals surface area contributed by atoms with E-state index in [2.05, 4.69) is 4.98 Å². The van der Waals surface area contributed by atoms with Crippen LogP contribution < -0.4 is 10.6 Å². The molecule has 1 aromatic rings. The van der Waals surface area contributed by atoms with Crippen LogP contribution in [0, 0.1) is 5.41 Å². The molecule has 0 aliphatic carbocycles. The average molecular weight is 306 g/mol. The first kappa shape index (κ1) is 17.2. The first-order valence-corrected chi connectivity index (χ1v) is 5.97. The smallest absolute Gasteiger partial charge is 0.389 e.